The molecule has 0 saturated carbocycles. The number of nitrogens with zero attached hydrogens (tertiary/aromatic N) is 1. The van der Waals surface area contributed by atoms with Crippen LogP contribution in [0.15, 0.2) is 41.3 Å². The van der Waals surface area contributed by atoms with Gasteiger partial charge in [-0.15, -0.1) is 0 Å². The van der Waals surface area contributed by atoms with Crippen molar-refractivity contribution in [2.45, 2.75) is 24.2 Å². The zero-order chi connectivity index (χ0) is 20.3. The van der Waals surface area contributed by atoms with Gasteiger partial charge >= 0.3 is 0 Å². The van der Waals surface area contributed by atoms with Gasteiger partial charge in [-0.25, -0.2) is 8.42 Å². The Hall–Kier alpha value is -1.96. The highest BCUT2D eigenvalue weighted by atomic mass is 35.5. The van der Waals surface area contributed by atoms with E-state index in [2.05, 4.69) is 4.72 Å². The first kappa shape index (κ1) is 20.8. The van der Waals surface area contributed by atoms with Crippen molar-refractivity contribution < 1.29 is 17.9 Å². The third kappa shape index (κ3) is 4.37. The molecule has 1 amide bonds. The van der Waals surface area contributed by atoms with Crippen molar-refractivity contribution in [1.82, 2.24) is 4.90 Å². The molecule has 2 aromatic rings. The van der Waals surface area contributed by atoms with Crippen molar-refractivity contribution in [3.05, 3.63) is 52.0 Å². The molecule has 1 saturated heterocycles. The molecule has 1 aliphatic heterocycles. The van der Waals surface area contributed by atoms with Crippen LogP contribution >= 0.6 is 23.2 Å². The Morgan fingerprint density at radius 1 is 1.00 bits per heavy atom. The topological polar surface area (TPSA) is 75.7 Å². The fraction of sp³-hybridized carbons (Fsp3) is 0.316. The summed E-state index contributed by atoms with van der Waals surface area (Å²) in [5.74, 6) is 0.241. The Bertz CT molecular complexity index is 972. The van der Waals surface area contributed by atoms with Crippen LogP contribution in [0.1, 0.15) is 29.6 Å². The van der Waals surface area contributed by atoms with E-state index in [0.717, 1.165) is 32.4 Å². The number of nitrogens with one attached hydrogen (secondary N) is 1. The molecular formula is C19H20Cl2N2O4S. The van der Waals surface area contributed by atoms with Crippen LogP contribution in [-0.4, -0.2) is 39.4 Å². The molecule has 6 nitrogen and oxygen atoms in total. The molecular weight excluding hydrogens is 423 g/mol. The van der Waals surface area contributed by atoms with Gasteiger partial charge in [0, 0.05) is 24.3 Å². The molecule has 9 heteroatoms. The first-order valence-corrected chi connectivity index (χ1v) is 11.0. The molecule has 0 aromatic heterocycles. The molecule has 0 aliphatic carbocycles. The largest absolute Gasteiger partial charge is 0.495 e. The van der Waals surface area contributed by atoms with Gasteiger partial charge in [0.2, 0.25) is 0 Å². The van der Waals surface area contributed by atoms with Crippen molar-refractivity contribution in [1.29, 1.82) is 0 Å². The summed E-state index contributed by atoms with van der Waals surface area (Å²) in [6, 6.07) is 9.07. The molecule has 1 N–H and O–H groups in total. The third-order valence-corrected chi connectivity index (χ3v) is 6.95. The molecule has 0 radical (unpaired) electrons. The molecule has 150 valence electrons. The van der Waals surface area contributed by atoms with Crippen molar-refractivity contribution >= 4 is 44.8 Å². The number of anilines is 1. The summed E-state index contributed by atoms with van der Waals surface area (Å²) in [4.78, 5) is 14.2. The molecule has 1 fully saturated rings. The SMILES string of the molecule is COc1ccc(S(=O)(=O)Nc2ccc(C(=O)N3CCCCC3)cc2)c(Cl)c1Cl. The van der Waals surface area contributed by atoms with E-state index in [-0.39, 0.29) is 26.6 Å². The monoisotopic (exact) mass is 442 g/mol. The summed E-state index contributed by atoms with van der Waals surface area (Å²) < 4.78 is 32.8. The smallest absolute Gasteiger partial charge is 0.263 e. The number of likely N-dealkylation sites (tertiary alicyclic amines) is 1. The number of halogens is 2. The maximum atomic E-state index is 12.7. The lowest BCUT2D eigenvalue weighted by molar-refractivity contribution is 0.0724. The highest BCUT2D eigenvalue weighted by Gasteiger charge is 2.23. The highest BCUT2D eigenvalue weighted by molar-refractivity contribution is 7.92. The van der Waals surface area contributed by atoms with Gasteiger partial charge in [-0.2, -0.15) is 0 Å². The van der Waals surface area contributed by atoms with Gasteiger partial charge < -0.3 is 9.64 Å². The molecule has 1 aliphatic rings. The van der Waals surface area contributed by atoms with Crippen LogP contribution in [-0.2, 0) is 10.0 Å². The summed E-state index contributed by atoms with van der Waals surface area (Å²) in [5, 5.41) is -0.0973. The van der Waals surface area contributed by atoms with Crippen molar-refractivity contribution in [2.24, 2.45) is 0 Å². The molecule has 3 rings (SSSR count). The summed E-state index contributed by atoms with van der Waals surface area (Å²) in [7, 11) is -2.55. The van der Waals surface area contributed by atoms with Crippen molar-refractivity contribution in [3.8, 4) is 5.75 Å². The number of benzene rings is 2. The number of carbonyl (C=O) groups excluding carboxylic acids is 1. The Kier molecular flexibility index (Phi) is 6.37. The van der Waals surface area contributed by atoms with E-state index in [4.69, 9.17) is 27.9 Å². The third-order valence-electron chi connectivity index (χ3n) is 4.55. The lowest BCUT2D eigenvalue weighted by Gasteiger charge is -2.26. The van der Waals surface area contributed by atoms with Gasteiger partial charge in [0.15, 0.2) is 0 Å². The minimum absolute atomic E-state index is 0.0227. The molecule has 1 heterocycles. The summed E-state index contributed by atoms with van der Waals surface area (Å²) in [6.07, 6.45) is 3.16. The Morgan fingerprint density at radius 3 is 2.25 bits per heavy atom. The van der Waals surface area contributed by atoms with E-state index in [1.807, 2.05) is 4.90 Å². The average molecular weight is 443 g/mol. The Morgan fingerprint density at radius 2 is 1.64 bits per heavy atom. The van der Waals surface area contributed by atoms with Gasteiger partial charge in [-0.3, -0.25) is 9.52 Å². The van der Waals surface area contributed by atoms with Gasteiger partial charge in [0.25, 0.3) is 15.9 Å². The quantitative estimate of drug-likeness (QED) is 0.742. The minimum atomic E-state index is -3.96. The summed E-state index contributed by atoms with van der Waals surface area (Å²) in [5.41, 5.74) is 0.841. The van der Waals surface area contributed by atoms with Crippen LogP contribution in [0, 0.1) is 0 Å². The van der Waals surface area contributed by atoms with E-state index >= 15 is 0 Å². The van der Waals surface area contributed by atoms with E-state index in [9.17, 15) is 13.2 Å². The number of carbonyl (C=O) groups is 1. The highest BCUT2D eigenvalue weighted by Crippen LogP contribution is 2.37. The van der Waals surface area contributed by atoms with E-state index < -0.39 is 10.0 Å². The standard InChI is InChI=1S/C19H20Cl2N2O4S/c1-27-15-9-10-16(18(21)17(15)20)28(25,26)22-14-7-5-13(6-8-14)19(24)23-11-3-2-4-12-23/h5-10,22H,2-4,11-12H2,1H3. The second kappa shape index (κ2) is 8.59. The molecule has 0 unspecified atom stereocenters. The Labute approximate surface area is 174 Å². The predicted molar refractivity (Wildman–Crippen MR) is 110 cm³/mol. The lowest BCUT2D eigenvalue weighted by Crippen LogP contribution is -2.35. The summed E-state index contributed by atoms with van der Waals surface area (Å²) >= 11 is 12.1. The maximum Gasteiger partial charge on any atom is 0.263 e. The predicted octanol–water partition coefficient (Wildman–Crippen LogP) is 4.43. The summed E-state index contributed by atoms with van der Waals surface area (Å²) in [6.45, 7) is 1.51. The van der Waals surface area contributed by atoms with Gasteiger partial charge in [0.05, 0.1) is 12.1 Å². The first-order chi connectivity index (χ1) is 13.3. The zero-order valence-electron chi connectivity index (χ0n) is 15.2. The maximum absolute atomic E-state index is 12.7. The van der Waals surface area contributed by atoms with Gasteiger partial charge in [-0.05, 0) is 55.7 Å². The van der Waals surface area contributed by atoms with E-state index in [1.165, 1.54) is 19.2 Å². The van der Waals surface area contributed by atoms with Crippen LogP contribution < -0.4 is 9.46 Å². The molecule has 0 spiro atoms. The van der Waals surface area contributed by atoms with E-state index in [0.29, 0.717) is 11.3 Å². The van der Waals surface area contributed by atoms with Crippen molar-refractivity contribution in [3.63, 3.8) is 0 Å². The number of amides is 1. The number of methoxy groups -OCH3 is 1. The van der Waals surface area contributed by atoms with Crippen molar-refractivity contribution in [2.75, 3.05) is 24.9 Å². The zero-order valence-corrected chi connectivity index (χ0v) is 17.6. The lowest BCUT2D eigenvalue weighted by atomic mass is 10.1. The number of ether oxygens (including phenoxy) is 1. The average Bonchev–Trinajstić information content (AvgIpc) is 2.70. The number of piperidine rings is 1. The number of hydrogen-bond donors (Lipinski definition) is 1. The van der Waals surface area contributed by atoms with Gasteiger partial charge in [-0.1, -0.05) is 23.2 Å². The van der Waals surface area contributed by atoms with E-state index in [1.54, 1.807) is 24.3 Å². The first-order valence-electron chi connectivity index (χ1n) is 8.77. The van der Waals surface area contributed by atoms with Crippen LogP contribution in [0.5, 0.6) is 5.75 Å². The number of hydrogen-bond acceptors (Lipinski definition) is 4. The molecule has 0 atom stereocenters. The van der Waals surface area contributed by atoms with Crippen LogP contribution in [0.25, 0.3) is 0 Å². The fourth-order valence-corrected chi connectivity index (χ4v) is 4.95. The van der Waals surface area contributed by atoms with Crippen LogP contribution in [0.2, 0.25) is 10.0 Å². The Balaban J connectivity index is 1.78. The second-order valence-electron chi connectivity index (χ2n) is 6.43. The molecule has 2 aromatic carbocycles. The minimum Gasteiger partial charge on any atom is -0.495 e. The van der Waals surface area contributed by atoms with Crippen LogP contribution in [0.3, 0.4) is 0 Å². The number of sulfonamides is 1. The van der Waals surface area contributed by atoms with Crippen LogP contribution in [0.4, 0.5) is 5.69 Å². The molecule has 0 bridgehead atoms. The second-order valence-corrected chi connectivity index (χ2v) is 8.84. The normalized spacial score (nSPS) is 14.6. The fourth-order valence-electron chi connectivity index (χ4n) is 3.05. The number of rotatable bonds is 5. The molecule has 28 heavy (non-hydrogen) atoms. The van der Waals surface area contributed by atoms with Gasteiger partial charge in [0.1, 0.15) is 15.7 Å².